The molecule has 0 unspecified atom stereocenters. The van der Waals surface area contributed by atoms with Crippen LogP contribution in [0.1, 0.15) is 18.9 Å². The largest absolute Gasteiger partial charge is 0.436 e. The number of carbonyl (C=O) groups excluding carboxylic acids is 1. The molecule has 5 rings (SSSR count). The predicted octanol–water partition coefficient (Wildman–Crippen LogP) is 3.75. The van der Waals surface area contributed by atoms with Crippen LogP contribution in [0.5, 0.6) is 11.6 Å². The van der Waals surface area contributed by atoms with Crippen molar-refractivity contribution in [3.63, 3.8) is 0 Å². The number of anilines is 1. The highest BCUT2D eigenvalue weighted by molar-refractivity contribution is 5.98. The first-order chi connectivity index (χ1) is 16.5. The lowest BCUT2D eigenvalue weighted by atomic mass is 10.1. The Morgan fingerprint density at radius 1 is 1.24 bits per heavy atom. The molecule has 9 nitrogen and oxygen atoms in total. The van der Waals surface area contributed by atoms with Crippen LogP contribution in [-0.4, -0.2) is 48.6 Å². The number of para-hydroxylation sites is 1. The highest BCUT2D eigenvalue weighted by atomic mass is 19.1. The van der Waals surface area contributed by atoms with E-state index in [0.29, 0.717) is 41.1 Å². The standard InChI is InChI=1S/C24H22FN7O2/c1-2-19(33)31-10-6-7-16(13-31)32-23-20(22(26)28-14-29-23)21(30-32)15-11-18(25)24(27-12-15)34-17-8-4-3-5-9-17/h2-5,8-9,11-12,14,16H,1,6-7,10,13H2,(H2,26,28,29)/t16-/m1/s1. The van der Waals surface area contributed by atoms with E-state index in [0.717, 1.165) is 12.8 Å². The van der Waals surface area contributed by atoms with Crippen LogP contribution in [0.4, 0.5) is 10.2 Å². The molecular weight excluding hydrogens is 437 g/mol. The topological polar surface area (TPSA) is 112 Å². The first-order valence-corrected chi connectivity index (χ1v) is 10.8. The van der Waals surface area contributed by atoms with Gasteiger partial charge >= 0.3 is 0 Å². The number of nitrogen functional groups attached to an aromatic ring is 1. The number of aromatic nitrogens is 5. The van der Waals surface area contributed by atoms with Crippen LogP contribution in [0.25, 0.3) is 22.3 Å². The van der Waals surface area contributed by atoms with Gasteiger partial charge in [-0.1, -0.05) is 24.8 Å². The molecule has 1 aliphatic rings. The van der Waals surface area contributed by atoms with Gasteiger partial charge in [0.1, 0.15) is 23.6 Å². The van der Waals surface area contributed by atoms with Crippen molar-refractivity contribution < 1.29 is 13.9 Å². The minimum Gasteiger partial charge on any atom is -0.436 e. The Hall–Kier alpha value is -4.34. The second kappa shape index (κ2) is 8.89. The molecule has 1 atom stereocenters. The Kier molecular flexibility index (Phi) is 5.62. The smallest absolute Gasteiger partial charge is 0.255 e. The van der Waals surface area contributed by atoms with Crippen molar-refractivity contribution in [1.29, 1.82) is 0 Å². The number of fused-ring (bicyclic) bond motifs is 1. The molecule has 1 fully saturated rings. The summed E-state index contributed by atoms with van der Waals surface area (Å²) in [6.45, 7) is 4.69. The number of hydrogen-bond acceptors (Lipinski definition) is 7. The zero-order valence-corrected chi connectivity index (χ0v) is 18.3. The number of likely N-dealkylation sites (tertiary alicyclic amines) is 1. The molecule has 4 heterocycles. The number of carbonyl (C=O) groups is 1. The van der Waals surface area contributed by atoms with Crippen molar-refractivity contribution >= 4 is 22.8 Å². The number of rotatable bonds is 5. The highest BCUT2D eigenvalue weighted by Gasteiger charge is 2.28. The average Bonchev–Trinajstić information content (AvgIpc) is 3.26. The van der Waals surface area contributed by atoms with E-state index < -0.39 is 5.82 Å². The normalized spacial score (nSPS) is 15.9. The van der Waals surface area contributed by atoms with Gasteiger partial charge in [-0.05, 0) is 37.1 Å². The van der Waals surface area contributed by atoms with Gasteiger partial charge in [0.05, 0.1) is 11.4 Å². The van der Waals surface area contributed by atoms with Gasteiger partial charge in [0.15, 0.2) is 11.5 Å². The molecular formula is C24H22FN7O2. The predicted molar refractivity (Wildman–Crippen MR) is 124 cm³/mol. The third-order valence-electron chi connectivity index (χ3n) is 5.79. The molecule has 172 valence electrons. The van der Waals surface area contributed by atoms with Crippen LogP contribution < -0.4 is 10.5 Å². The van der Waals surface area contributed by atoms with Gasteiger partial charge in [-0.25, -0.2) is 24.0 Å². The van der Waals surface area contributed by atoms with E-state index in [4.69, 9.17) is 15.6 Å². The van der Waals surface area contributed by atoms with E-state index in [2.05, 4.69) is 21.5 Å². The van der Waals surface area contributed by atoms with E-state index in [1.807, 2.05) is 6.07 Å². The summed E-state index contributed by atoms with van der Waals surface area (Å²) in [7, 11) is 0. The zero-order valence-electron chi connectivity index (χ0n) is 18.3. The summed E-state index contributed by atoms with van der Waals surface area (Å²) in [4.78, 5) is 26.6. The monoisotopic (exact) mass is 459 g/mol. The number of nitrogens with two attached hydrogens (primary N) is 1. The second-order valence-electron chi connectivity index (χ2n) is 7.96. The van der Waals surface area contributed by atoms with Gasteiger partial charge in [-0.2, -0.15) is 5.10 Å². The fraction of sp³-hybridized carbons (Fsp3) is 0.208. The Bertz CT molecular complexity index is 1370. The molecule has 1 aliphatic heterocycles. The van der Waals surface area contributed by atoms with Crippen LogP contribution >= 0.6 is 0 Å². The lowest BCUT2D eigenvalue weighted by molar-refractivity contribution is -0.127. The van der Waals surface area contributed by atoms with Crippen LogP contribution in [0.2, 0.25) is 0 Å². The number of hydrogen-bond donors (Lipinski definition) is 1. The maximum atomic E-state index is 14.9. The van der Waals surface area contributed by atoms with E-state index in [1.54, 1.807) is 33.8 Å². The minimum atomic E-state index is -0.639. The molecule has 0 aliphatic carbocycles. The first kappa shape index (κ1) is 21.5. The molecule has 4 aromatic rings. The first-order valence-electron chi connectivity index (χ1n) is 10.8. The Labute approximate surface area is 194 Å². The summed E-state index contributed by atoms with van der Waals surface area (Å²) in [6, 6.07) is 10.0. The van der Waals surface area contributed by atoms with Gasteiger partial charge in [0, 0.05) is 24.8 Å². The molecule has 2 N–H and O–H groups in total. The van der Waals surface area contributed by atoms with Crippen LogP contribution in [-0.2, 0) is 4.79 Å². The molecule has 0 radical (unpaired) electrons. The van der Waals surface area contributed by atoms with Gasteiger partial charge in [-0.3, -0.25) is 4.79 Å². The Balaban J connectivity index is 1.54. The van der Waals surface area contributed by atoms with Gasteiger partial charge in [0.2, 0.25) is 5.91 Å². The van der Waals surface area contributed by atoms with E-state index in [9.17, 15) is 9.18 Å². The van der Waals surface area contributed by atoms with Crippen LogP contribution in [0, 0.1) is 5.82 Å². The summed E-state index contributed by atoms with van der Waals surface area (Å²) < 4.78 is 22.2. The maximum absolute atomic E-state index is 14.9. The molecule has 1 saturated heterocycles. The van der Waals surface area contributed by atoms with Gasteiger partial charge in [0.25, 0.3) is 5.88 Å². The third-order valence-corrected chi connectivity index (χ3v) is 5.79. The Morgan fingerprint density at radius 3 is 2.82 bits per heavy atom. The number of piperidine rings is 1. The van der Waals surface area contributed by atoms with Crippen molar-refractivity contribution in [1.82, 2.24) is 29.6 Å². The molecule has 1 amide bonds. The van der Waals surface area contributed by atoms with Crippen molar-refractivity contribution in [3.8, 4) is 22.9 Å². The quantitative estimate of drug-likeness (QED) is 0.452. The number of ether oxygens (including phenoxy) is 1. The fourth-order valence-corrected chi connectivity index (χ4v) is 4.17. The molecule has 3 aromatic heterocycles. The summed E-state index contributed by atoms with van der Waals surface area (Å²) in [6.07, 6.45) is 5.77. The lowest BCUT2D eigenvalue weighted by Gasteiger charge is -2.32. The third kappa shape index (κ3) is 3.94. The maximum Gasteiger partial charge on any atom is 0.255 e. The number of benzene rings is 1. The Morgan fingerprint density at radius 2 is 2.06 bits per heavy atom. The van der Waals surface area contributed by atoms with E-state index in [-0.39, 0.29) is 23.6 Å². The van der Waals surface area contributed by atoms with Gasteiger partial charge in [-0.15, -0.1) is 0 Å². The van der Waals surface area contributed by atoms with Crippen LogP contribution in [0.3, 0.4) is 0 Å². The fourth-order valence-electron chi connectivity index (χ4n) is 4.17. The number of pyridine rings is 1. The summed E-state index contributed by atoms with van der Waals surface area (Å²) in [5.41, 5.74) is 7.53. The number of nitrogens with zero attached hydrogens (tertiary/aromatic N) is 6. The van der Waals surface area contributed by atoms with E-state index in [1.165, 1.54) is 24.7 Å². The summed E-state index contributed by atoms with van der Waals surface area (Å²) in [5, 5.41) is 5.25. The molecule has 0 bridgehead atoms. The van der Waals surface area contributed by atoms with Gasteiger partial charge < -0.3 is 15.4 Å². The average molecular weight is 459 g/mol. The van der Waals surface area contributed by atoms with Crippen molar-refractivity contribution in [2.45, 2.75) is 18.9 Å². The van der Waals surface area contributed by atoms with Crippen molar-refractivity contribution in [3.05, 3.63) is 67.4 Å². The van der Waals surface area contributed by atoms with Crippen LogP contribution in [0.15, 0.2) is 61.6 Å². The summed E-state index contributed by atoms with van der Waals surface area (Å²) >= 11 is 0. The van der Waals surface area contributed by atoms with E-state index >= 15 is 0 Å². The van der Waals surface area contributed by atoms with Crippen molar-refractivity contribution in [2.24, 2.45) is 0 Å². The second-order valence-corrected chi connectivity index (χ2v) is 7.96. The SMILES string of the molecule is C=CC(=O)N1CCC[C@@H](n2nc(-c3cnc(Oc4ccccc4)c(F)c3)c3c(N)ncnc32)C1. The molecule has 1 aromatic carbocycles. The number of halogens is 1. The zero-order chi connectivity index (χ0) is 23.7. The molecule has 34 heavy (non-hydrogen) atoms. The van der Waals surface area contributed by atoms with Crippen molar-refractivity contribution in [2.75, 3.05) is 18.8 Å². The summed E-state index contributed by atoms with van der Waals surface area (Å²) in [5.74, 6) is -0.208. The molecule has 0 saturated carbocycles. The molecule has 10 heteroatoms. The lowest BCUT2D eigenvalue weighted by Crippen LogP contribution is -2.40. The number of amides is 1. The minimum absolute atomic E-state index is 0.123. The molecule has 0 spiro atoms. The highest BCUT2D eigenvalue weighted by Crippen LogP contribution is 2.35.